The van der Waals surface area contributed by atoms with E-state index in [1.165, 1.54) is 0 Å². The summed E-state index contributed by atoms with van der Waals surface area (Å²) in [4.78, 5) is 21.9. The van der Waals surface area contributed by atoms with E-state index in [4.69, 9.17) is 9.72 Å². The quantitative estimate of drug-likeness (QED) is 0.626. The number of hydrogen-bond donors (Lipinski definition) is 0. The number of hydrogen-bond acceptors (Lipinski definition) is 4. The van der Waals surface area contributed by atoms with Gasteiger partial charge in [-0.1, -0.05) is 19.8 Å². The van der Waals surface area contributed by atoms with Crippen LogP contribution < -0.4 is 10.3 Å². The summed E-state index contributed by atoms with van der Waals surface area (Å²) in [5.74, 6) is 7.72. The molecule has 5 nitrogen and oxygen atoms in total. The Morgan fingerprint density at radius 1 is 1.19 bits per heavy atom. The summed E-state index contributed by atoms with van der Waals surface area (Å²) < 4.78 is 7.02. The largest absolute Gasteiger partial charge is 0.497 e. The number of benzene rings is 1. The molecule has 1 aromatic carbocycles. The molecule has 5 heteroatoms. The smallest absolute Gasteiger partial charge is 0.261 e. The molecule has 0 amide bonds. The summed E-state index contributed by atoms with van der Waals surface area (Å²) in [6, 6.07) is 9.13. The van der Waals surface area contributed by atoms with Crippen molar-refractivity contribution < 1.29 is 4.74 Å². The van der Waals surface area contributed by atoms with Crippen molar-refractivity contribution in [1.29, 1.82) is 0 Å². The van der Waals surface area contributed by atoms with Gasteiger partial charge in [0.05, 0.1) is 18.0 Å². The first kappa shape index (κ1) is 17.3. The zero-order valence-electron chi connectivity index (χ0n) is 15.7. The molecule has 3 heterocycles. The number of aryl methyl sites for hydroxylation is 1. The number of methoxy groups -OCH3 is 1. The molecule has 0 bridgehead atoms. The van der Waals surface area contributed by atoms with Crippen molar-refractivity contribution in [3.8, 4) is 17.6 Å². The number of nitrogens with zero attached hydrogens (tertiary/aromatic N) is 3. The fourth-order valence-electron chi connectivity index (χ4n) is 3.40. The molecule has 136 valence electrons. The van der Waals surface area contributed by atoms with Crippen LogP contribution in [0.15, 0.2) is 41.3 Å². The van der Waals surface area contributed by atoms with Crippen molar-refractivity contribution in [2.75, 3.05) is 7.11 Å². The molecular formula is C22H21N3O2. The lowest BCUT2D eigenvalue weighted by Crippen LogP contribution is -2.36. The maximum Gasteiger partial charge on any atom is 0.261 e. The zero-order valence-corrected chi connectivity index (χ0v) is 15.7. The van der Waals surface area contributed by atoms with Crippen molar-refractivity contribution >= 4 is 10.9 Å². The lowest BCUT2D eigenvalue weighted by Gasteiger charge is -2.31. The van der Waals surface area contributed by atoms with Crippen molar-refractivity contribution in [2.45, 2.75) is 33.2 Å². The van der Waals surface area contributed by atoms with Gasteiger partial charge in [0.15, 0.2) is 0 Å². The van der Waals surface area contributed by atoms with E-state index < -0.39 is 0 Å². The Hall–Kier alpha value is -3.13. The minimum atomic E-state index is 0.0387. The first-order chi connectivity index (χ1) is 12.9. The molecule has 0 saturated carbocycles. The second-order valence-corrected chi connectivity index (χ2v) is 7.65. The van der Waals surface area contributed by atoms with Gasteiger partial charge in [0.1, 0.15) is 17.3 Å². The Morgan fingerprint density at radius 3 is 2.85 bits per heavy atom. The molecule has 0 aliphatic carbocycles. The molecule has 0 spiro atoms. The first-order valence-electron chi connectivity index (χ1n) is 9.01. The van der Waals surface area contributed by atoms with Gasteiger partial charge in [0.25, 0.3) is 5.56 Å². The molecule has 27 heavy (non-hydrogen) atoms. The van der Waals surface area contributed by atoms with Crippen LogP contribution in [0.3, 0.4) is 0 Å². The Balaban J connectivity index is 1.74. The van der Waals surface area contributed by atoms with Gasteiger partial charge in [-0.25, -0.2) is 9.97 Å². The van der Waals surface area contributed by atoms with Crippen molar-refractivity contribution in [2.24, 2.45) is 5.41 Å². The number of ether oxygens (including phenoxy) is 1. The molecule has 1 aliphatic heterocycles. The number of rotatable bonds is 1. The van der Waals surface area contributed by atoms with Crippen LogP contribution in [0.5, 0.6) is 5.75 Å². The molecule has 0 saturated heterocycles. The summed E-state index contributed by atoms with van der Waals surface area (Å²) in [7, 11) is 1.61. The normalized spacial score (nSPS) is 14.9. The topological polar surface area (TPSA) is 57.0 Å². The van der Waals surface area contributed by atoms with Crippen LogP contribution in [0.4, 0.5) is 0 Å². The molecule has 2 aromatic heterocycles. The van der Waals surface area contributed by atoms with E-state index in [1.54, 1.807) is 25.4 Å². The summed E-state index contributed by atoms with van der Waals surface area (Å²) in [5, 5.41) is 0.640. The maximum atomic E-state index is 12.9. The first-order valence-corrected chi connectivity index (χ1v) is 9.01. The Labute approximate surface area is 158 Å². The molecule has 0 fully saturated rings. The van der Waals surface area contributed by atoms with Gasteiger partial charge in [-0.3, -0.25) is 9.36 Å². The van der Waals surface area contributed by atoms with Gasteiger partial charge in [-0.05, 0) is 42.0 Å². The summed E-state index contributed by atoms with van der Waals surface area (Å²) >= 11 is 0. The van der Waals surface area contributed by atoms with Crippen molar-refractivity contribution in [3.05, 3.63) is 64.0 Å². The fraction of sp³-hybridized carbons (Fsp3) is 0.318. The van der Waals surface area contributed by atoms with Crippen LogP contribution in [0.2, 0.25) is 0 Å². The monoisotopic (exact) mass is 359 g/mol. The van der Waals surface area contributed by atoms with Crippen LogP contribution >= 0.6 is 0 Å². The molecular weight excluding hydrogens is 338 g/mol. The van der Waals surface area contributed by atoms with Crippen molar-refractivity contribution in [1.82, 2.24) is 14.5 Å². The SMILES string of the molecule is COc1ccnc(C#Cc2ccc3c(=O)n4c(nc3c2)CCC(C)(C)C4)c1. The maximum absolute atomic E-state index is 12.9. The van der Waals surface area contributed by atoms with E-state index in [9.17, 15) is 4.79 Å². The molecule has 3 aromatic rings. The van der Waals surface area contributed by atoms with Crippen LogP contribution in [-0.4, -0.2) is 21.6 Å². The van der Waals surface area contributed by atoms with E-state index in [2.05, 4.69) is 30.7 Å². The number of pyridine rings is 1. The third kappa shape index (κ3) is 3.43. The van der Waals surface area contributed by atoms with Crippen LogP contribution in [0.25, 0.3) is 10.9 Å². The highest BCUT2D eigenvalue weighted by Gasteiger charge is 2.27. The molecule has 0 atom stereocenters. The lowest BCUT2D eigenvalue weighted by molar-refractivity contribution is 0.240. The Bertz CT molecular complexity index is 1150. The summed E-state index contributed by atoms with van der Waals surface area (Å²) in [5.41, 5.74) is 2.31. The summed E-state index contributed by atoms with van der Waals surface area (Å²) in [6.07, 6.45) is 3.52. The highest BCUT2D eigenvalue weighted by atomic mass is 16.5. The molecule has 0 N–H and O–H groups in total. The standard InChI is InChI=1S/C22H21N3O2/c1-22(2)10-8-20-24-19-12-15(5-7-18(19)21(26)25(20)14-22)4-6-16-13-17(27-3)9-11-23-16/h5,7,9,11-13H,8,10,14H2,1-3H3. The highest BCUT2D eigenvalue weighted by Crippen LogP contribution is 2.29. The number of aromatic nitrogens is 3. The average Bonchev–Trinajstić information content (AvgIpc) is 2.67. The second kappa shape index (κ2) is 6.55. The zero-order chi connectivity index (χ0) is 19.0. The third-order valence-corrected chi connectivity index (χ3v) is 4.95. The molecule has 0 radical (unpaired) electrons. The second-order valence-electron chi connectivity index (χ2n) is 7.65. The Morgan fingerprint density at radius 2 is 2.04 bits per heavy atom. The van der Waals surface area contributed by atoms with E-state index in [0.717, 1.165) is 30.0 Å². The van der Waals surface area contributed by atoms with Gasteiger partial charge in [-0.15, -0.1) is 0 Å². The molecule has 0 unspecified atom stereocenters. The van der Waals surface area contributed by atoms with E-state index >= 15 is 0 Å². The van der Waals surface area contributed by atoms with Crippen LogP contribution in [-0.2, 0) is 13.0 Å². The fourth-order valence-corrected chi connectivity index (χ4v) is 3.40. The van der Waals surface area contributed by atoms with Gasteiger partial charge in [0.2, 0.25) is 0 Å². The predicted octanol–water partition coefficient (Wildman–Crippen LogP) is 3.17. The third-order valence-electron chi connectivity index (χ3n) is 4.95. The Kier molecular flexibility index (Phi) is 4.19. The van der Waals surface area contributed by atoms with Gasteiger partial charge in [-0.2, -0.15) is 0 Å². The molecule has 4 rings (SSSR count). The molecule has 1 aliphatic rings. The number of fused-ring (bicyclic) bond motifs is 2. The minimum absolute atomic E-state index is 0.0387. The van der Waals surface area contributed by atoms with E-state index in [-0.39, 0.29) is 11.0 Å². The van der Waals surface area contributed by atoms with Crippen LogP contribution in [0, 0.1) is 17.3 Å². The predicted molar refractivity (Wildman–Crippen MR) is 105 cm³/mol. The van der Waals surface area contributed by atoms with Crippen LogP contribution in [0.1, 0.15) is 37.4 Å². The lowest BCUT2D eigenvalue weighted by atomic mass is 9.85. The highest BCUT2D eigenvalue weighted by molar-refractivity contribution is 5.79. The summed E-state index contributed by atoms with van der Waals surface area (Å²) in [6.45, 7) is 5.10. The minimum Gasteiger partial charge on any atom is -0.497 e. The van der Waals surface area contributed by atoms with Gasteiger partial charge in [0, 0.05) is 30.8 Å². The van der Waals surface area contributed by atoms with Gasteiger partial charge >= 0.3 is 0 Å². The average molecular weight is 359 g/mol. The van der Waals surface area contributed by atoms with Gasteiger partial charge < -0.3 is 4.74 Å². The van der Waals surface area contributed by atoms with Crippen molar-refractivity contribution in [3.63, 3.8) is 0 Å². The van der Waals surface area contributed by atoms with E-state index in [1.807, 2.05) is 22.8 Å². The van der Waals surface area contributed by atoms with E-state index in [0.29, 0.717) is 23.1 Å².